The van der Waals surface area contributed by atoms with Crippen molar-refractivity contribution in [3.63, 3.8) is 0 Å². The summed E-state index contributed by atoms with van der Waals surface area (Å²) < 4.78 is 1.19. The molecule has 0 unspecified atom stereocenters. The molecule has 84 valence electrons. The Morgan fingerprint density at radius 2 is 2.33 bits per heavy atom. The Labute approximate surface area is 103 Å². The molecule has 0 bridgehead atoms. The molecule has 2 rings (SSSR count). The average Bonchev–Trinajstić information content (AvgIpc) is 2.90. The van der Waals surface area contributed by atoms with Crippen LogP contribution in [0.25, 0.3) is 0 Å². The van der Waals surface area contributed by atoms with Crippen molar-refractivity contribution in [3.8, 4) is 0 Å². The zero-order valence-electron chi connectivity index (χ0n) is 8.66. The lowest BCUT2D eigenvalue weighted by atomic mass is 10.3. The summed E-state index contributed by atoms with van der Waals surface area (Å²) in [6.45, 7) is 3.18. The van der Waals surface area contributed by atoms with E-state index in [1.807, 2.05) is 0 Å². The summed E-state index contributed by atoms with van der Waals surface area (Å²) in [5, 5.41) is 11.2. The summed E-state index contributed by atoms with van der Waals surface area (Å²) in [6.07, 6.45) is 2.74. The van der Waals surface area contributed by atoms with E-state index in [9.17, 15) is 0 Å². The first-order chi connectivity index (χ1) is 7.28. The van der Waals surface area contributed by atoms with Crippen molar-refractivity contribution in [1.82, 2.24) is 4.90 Å². The van der Waals surface area contributed by atoms with Crippen molar-refractivity contribution in [2.24, 2.45) is 5.92 Å². The van der Waals surface area contributed by atoms with Gasteiger partial charge in [0.2, 0.25) is 0 Å². The SMILES string of the molecule is OCCN(Cc1csc(Br)c1)CC1CC1. The van der Waals surface area contributed by atoms with Crippen LogP contribution in [0.3, 0.4) is 0 Å². The molecule has 1 fully saturated rings. The number of rotatable bonds is 6. The van der Waals surface area contributed by atoms with Gasteiger partial charge in [-0.15, -0.1) is 11.3 Å². The topological polar surface area (TPSA) is 23.5 Å². The Morgan fingerprint density at radius 3 is 2.87 bits per heavy atom. The fourth-order valence-electron chi connectivity index (χ4n) is 1.73. The van der Waals surface area contributed by atoms with Gasteiger partial charge in [-0.3, -0.25) is 4.90 Å². The molecule has 0 saturated heterocycles. The highest BCUT2D eigenvalue weighted by atomic mass is 79.9. The van der Waals surface area contributed by atoms with E-state index in [2.05, 4.69) is 32.3 Å². The minimum atomic E-state index is 0.262. The van der Waals surface area contributed by atoms with Crippen LogP contribution in [-0.4, -0.2) is 29.7 Å². The van der Waals surface area contributed by atoms with Gasteiger partial charge in [0, 0.05) is 19.6 Å². The Morgan fingerprint density at radius 1 is 1.53 bits per heavy atom. The number of hydrogen-bond acceptors (Lipinski definition) is 3. The number of hydrogen-bond donors (Lipinski definition) is 1. The van der Waals surface area contributed by atoms with Crippen LogP contribution in [0.2, 0.25) is 0 Å². The van der Waals surface area contributed by atoms with Gasteiger partial charge in [0.25, 0.3) is 0 Å². The summed E-state index contributed by atoms with van der Waals surface area (Å²) in [5.41, 5.74) is 1.35. The van der Waals surface area contributed by atoms with Crippen LogP contribution in [0.5, 0.6) is 0 Å². The summed E-state index contributed by atoms with van der Waals surface area (Å²) in [7, 11) is 0. The lowest BCUT2D eigenvalue weighted by Gasteiger charge is -2.20. The molecule has 0 aromatic carbocycles. The standard InChI is InChI=1S/C11H16BrNOS/c12-11-5-10(8-15-11)7-13(3-4-14)6-9-1-2-9/h5,8-9,14H,1-4,6-7H2. The molecule has 0 atom stereocenters. The maximum Gasteiger partial charge on any atom is 0.0701 e. The highest BCUT2D eigenvalue weighted by Gasteiger charge is 2.24. The zero-order valence-corrected chi connectivity index (χ0v) is 11.1. The minimum Gasteiger partial charge on any atom is -0.395 e. The first-order valence-electron chi connectivity index (χ1n) is 5.34. The second-order valence-corrected chi connectivity index (χ2v) is 6.45. The fraction of sp³-hybridized carbons (Fsp3) is 0.636. The van der Waals surface area contributed by atoms with E-state index in [-0.39, 0.29) is 6.61 Å². The van der Waals surface area contributed by atoms with Gasteiger partial charge in [-0.1, -0.05) is 0 Å². The van der Waals surface area contributed by atoms with Crippen molar-refractivity contribution < 1.29 is 5.11 Å². The maximum atomic E-state index is 9.00. The van der Waals surface area contributed by atoms with Crippen LogP contribution < -0.4 is 0 Å². The number of thiophene rings is 1. The van der Waals surface area contributed by atoms with Gasteiger partial charge < -0.3 is 5.11 Å². The third kappa shape index (κ3) is 3.87. The van der Waals surface area contributed by atoms with E-state index in [1.54, 1.807) is 11.3 Å². The van der Waals surface area contributed by atoms with Gasteiger partial charge in [0.1, 0.15) is 0 Å². The van der Waals surface area contributed by atoms with Crippen LogP contribution in [-0.2, 0) is 6.54 Å². The Balaban J connectivity index is 1.86. The third-order valence-electron chi connectivity index (χ3n) is 2.66. The molecule has 2 nitrogen and oxygen atoms in total. The van der Waals surface area contributed by atoms with Crippen molar-refractivity contribution in [3.05, 3.63) is 20.8 Å². The summed E-state index contributed by atoms with van der Waals surface area (Å²) in [6, 6.07) is 2.17. The van der Waals surface area contributed by atoms with Crippen molar-refractivity contribution in [1.29, 1.82) is 0 Å². The molecule has 0 aliphatic heterocycles. The van der Waals surface area contributed by atoms with E-state index in [0.717, 1.165) is 25.6 Å². The van der Waals surface area contributed by atoms with E-state index in [0.29, 0.717) is 0 Å². The zero-order chi connectivity index (χ0) is 10.7. The van der Waals surface area contributed by atoms with Crippen molar-refractivity contribution in [2.45, 2.75) is 19.4 Å². The molecule has 0 spiro atoms. The smallest absolute Gasteiger partial charge is 0.0701 e. The van der Waals surface area contributed by atoms with Crippen LogP contribution in [0.4, 0.5) is 0 Å². The second kappa shape index (κ2) is 5.43. The number of aliphatic hydroxyl groups excluding tert-OH is 1. The first-order valence-corrected chi connectivity index (χ1v) is 7.01. The summed E-state index contributed by atoms with van der Waals surface area (Å²) in [5.74, 6) is 0.888. The molecule has 4 heteroatoms. The average molecular weight is 290 g/mol. The van der Waals surface area contributed by atoms with Gasteiger partial charge in [0.15, 0.2) is 0 Å². The van der Waals surface area contributed by atoms with Gasteiger partial charge in [-0.25, -0.2) is 0 Å². The molecule has 1 saturated carbocycles. The van der Waals surface area contributed by atoms with E-state index in [4.69, 9.17) is 5.11 Å². The Hall–Kier alpha value is 0.100. The van der Waals surface area contributed by atoms with Crippen LogP contribution in [0.1, 0.15) is 18.4 Å². The maximum absolute atomic E-state index is 9.00. The Kier molecular flexibility index (Phi) is 4.20. The third-order valence-corrected chi connectivity index (χ3v) is 4.21. The first kappa shape index (κ1) is 11.6. The van der Waals surface area contributed by atoms with E-state index in [1.165, 1.54) is 22.2 Å². The lowest BCUT2D eigenvalue weighted by molar-refractivity contribution is 0.185. The number of halogens is 1. The molecular weight excluding hydrogens is 274 g/mol. The predicted octanol–water partition coefficient (Wildman–Crippen LogP) is 2.71. The summed E-state index contributed by atoms with van der Waals surface area (Å²) in [4.78, 5) is 2.35. The van der Waals surface area contributed by atoms with Crippen molar-refractivity contribution in [2.75, 3.05) is 19.7 Å². The normalized spacial score (nSPS) is 16.2. The van der Waals surface area contributed by atoms with E-state index >= 15 is 0 Å². The van der Waals surface area contributed by atoms with Gasteiger partial charge in [0.05, 0.1) is 10.4 Å². The van der Waals surface area contributed by atoms with E-state index < -0.39 is 0 Å². The largest absolute Gasteiger partial charge is 0.395 e. The van der Waals surface area contributed by atoms with Crippen LogP contribution in [0, 0.1) is 5.92 Å². The predicted molar refractivity (Wildman–Crippen MR) is 67.1 cm³/mol. The highest BCUT2D eigenvalue weighted by Crippen LogP contribution is 2.30. The molecule has 1 N–H and O–H groups in total. The molecule has 1 heterocycles. The fourth-order valence-corrected chi connectivity index (χ4v) is 2.93. The molecule has 1 aliphatic carbocycles. The van der Waals surface area contributed by atoms with Crippen LogP contribution >= 0.6 is 27.3 Å². The van der Waals surface area contributed by atoms with Crippen LogP contribution in [0.15, 0.2) is 15.2 Å². The minimum absolute atomic E-state index is 0.262. The van der Waals surface area contributed by atoms with Gasteiger partial charge in [-0.05, 0) is 51.7 Å². The summed E-state index contributed by atoms with van der Waals surface area (Å²) >= 11 is 5.20. The van der Waals surface area contributed by atoms with Gasteiger partial charge in [-0.2, -0.15) is 0 Å². The second-order valence-electron chi connectivity index (χ2n) is 4.16. The van der Waals surface area contributed by atoms with Gasteiger partial charge >= 0.3 is 0 Å². The molecule has 0 amide bonds. The molecule has 0 radical (unpaired) electrons. The number of nitrogens with zero attached hydrogens (tertiary/aromatic N) is 1. The molecule has 1 aromatic rings. The molecule has 1 aromatic heterocycles. The monoisotopic (exact) mass is 289 g/mol. The Bertz CT molecular complexity index is 311. The highest BCUT2D eigenvalue weighted by molar-refractivity contribution is 9.11. The van der Waals surface area contributed by atoms with Crippen molar-refractivity contribution >= 4 is 27.3 Å². The molecule has 15 heavy (non-hydrogen) atoms. The lowest BCUT2D eigenvalue weighted by Crippen LogP contribution is -2.28. The molecular formula is C11H16BrNOS. The molecule has 1 aliphatic rings. The number of aliphatic hydroxyl groups is 1. The quantitative estimate of drug-likeness (QED) is 0.871.